The van der Waals surface area contributed by atoms with E-state index in [1.54, 1.807) is 22.7 Å². The van der Waals surface area contributed by atoms with Gasteiger partial charge in [0.05, 0.1) is 10.2 Å². The van der Waals surface area contributed by atoms with Crippen LogP contribution in [-0.2, 0) is 13.0 Å². The van der Waals surface area contributed by atoms with Crippen LogP contribution < -0.4 is 5.32 Å². The molecule has 1 N–H and O–H groups in total. The van der Waals surface area contributed by atoms with Crippen molar-refractivity contribution in [1.82, 2.24) is 9.88 Å². The minimum absolute atomic E-state index is 0.0709. The predicted octanol–water partition coefficient (Wildman–Crippen LogP) is 7.20. The van der Waals surface area contributed by atoms with Crippen LogP contribution in [0.15, 0.2) is 66.7 Å². The van der Waals surface area contributed by atoms with Crippen LogP contribution in [0.1, 0.15) is 34.6 Å². The smallest absolute Gasteiger partial charge is 0.256 e. The number of carbonyl (C=O) groups excluding carboxylic acids is 1. The van der Waals surface area contributed by atoms with Crippen molar-refractivity contribution in [3.8, 4) is 10.6 Å². The molecule has 0 saturated heterocycles. The highest BCUT2D eigenvalue weighted by Crippen LogP contribution is 2.46. The molecule has 1 amide bonds. The summed E-state index contributed by atoms with van der Waals surface area (Å²) in [4.78, 5) is 22.3. The van der Waals surface area contributed by atoms with Crippen molar-refractivity contribution in [3.63, 3.8) is 0 Å². The lowest BCUT2D eigenvalue weighted by Gasteiger charge is -2.30. The van der Waals surface area contributed by atoms with Crippen LogP contribution in [0, 0.1) is 0 Å². The zero-order valence-corrected chi connectivity index (χ0v) is 20.8. The molecule has 3 aromatic carbocycles. The van der Waals surface area contributed by atoms with E-state index in [-0.39, 0.29) is 5.91 Å². The zero-order chi connectivity index (χ0) is 23.2. The molecule has 1 aliphatic heterocycles. The van der Waals surface area contributed by atoms with Gasteiger partial charge in [-0.25, -0.2) is 4.98 Å². The summed E-state index contributed by atoms with van der Waals surface area (Å²) in [7, 11) is 0. The molecule has 0 fully saturated rings. The second-order valence-corrected chi connectivity index (χ2v) is 11.1. The fourth-order valence-corrected chi connectivity index (χ4v) is 7.13. The summed E-state index contributed by atoms with van der Waals surface area (Å²) >= 11 is 3.41. The number of amides is 1. The van der Waals surface area contributed by atoms with E-state index in [1.807, 2.05) is 48.5 Å². The van der Waals surface area contributed by atoms with Gasteiger partial charge in [0.25, 0.3) is 5.91 Å². The van der Waals surface area contributed by atoms with E-state index in [0.29, 0.717) is 11.6 Å². The Morgan fingerprint density at radius 2 is 1.79 bits per heavy atom. The third kappa shape index (κ3) is 3.72. The van der Waals surface area contributed by atoms with Gasteiger partial charge in [0.15, 0.2) is 0 Å². The first-order chi connectivity index (χ1) is 16.6. The standard InChI is InChI=1S/C28H25N3OS2/c1-17(2)31-15-14-21-24(16-31)34-28(25(21)27-29-22-12-5-6-13-23(22)33-27)30-26(32)20-11-7-9-18-8-3-4-10-19(18)20/h3-13,17H,14-16H2,1-2H3,(H,30,32). The number of carbonyl (C=O) groups is 1. The average Bonchev–Trinajstić information content (AvgIpc) is 3.43. The molecule has 4 nitrogen and oxygen atoms in total. The van der Waals surface area contributed by atoms with Crippen molar-refractivity contribution in [2.24, 2.45) is 0 Å². The molecule has 1 aliphatic rings. The lowest BCUT2D eigenvalue weighted by Crippen LogP contribution is -2.35. The maximum absolute atomic E-state index is 13.5. The molecule has 3 heterocycles. The van der Waals surface area contributed by atoms with Gasteiger partial charge in [-0.2, -0.15) is 0 Å². The minimum atomic E-state index is -0.0709. The Kier molecular flexibility index (Phi) is 5.44. The largest absolute Gasteiger partial charge is 0.313 e. The number of aromatic nitrogens is 1. The number of thiophene rings is 1. The Labute approximate surface area is 206 Å². The molecule has 6 rings (SSSR count). The lowest BCUT2D eigenvalue weighted by molar-refractivity contribution is 0.102. The second kappa shape index (κ2) is 8.62. The van der Waals surface area contributed by atoms with Crippen molar-refractivity contribution >= 4 is 54.6 Å². The molecule has 0 spiro atoms. The normalized spacial score (nSPS) is 14.1. The first-order valence-electron chi connectivity index (χ1n) is 11.6. The summed E-state index contributed by atoms with van der Waals surface area (Å²) in [6.07, 6.45) is 0.972. The summed E-state index contributed by atoms with van der Waals surface area (Å²) in [6, 6.07) is 22.7. The average molecular weight is 484 g/mol. The van der Waals surface area contributed by atoms with Crippen molar-refractivity contribution < 1.29 is 4.79 Å². The van der Waals surface area contributed by atoms with Gasteiger partial charge < -0.3 is 5.32 Å². The molecule has 0 saturated carbocycles. The van der Waals surface area contributed by atoms with E-state index in [9.17, 15) is 4.79 Å². The molecule has 0 atom stereocenters. The quantitative estimate of drug-likeness (QED) is 0.294. The molecule has 5 aromatic rings. The minimum Gasteiger partial charge on any atom is -0.313 e. The van der Waals surface area contributed by atoms with Crippen LogP contribution in [0.4, 0.5) is 5.00 Å². The Morgan fingerprint density at radius 3 is 2.65 bits per heavy atom. The van der Waals surface area contributed by atoms with Crippen LogP contribution >= 0.6 is 22.7 Å². The third-order valence-electron chi connectivity index (χ3n) is 6.59. The number of hydrogen-bond donors (Lipinski definition) is 1. The van der Waals surface area contributed by atoms with E-state index in [1.165, 1.54) is 15.1 Å². The van der Waals surface area contributed by atoms with E-state index in [0.717, 1.165) is 51.4 Å². The van der Waals surface area contributed by atoms with Crippen LogP contribution in [0.2, 0.25) is 0 Å². The first-order valence-corrected chi connectivity index (χ1v) is 13.3. The molecule has 34 heavy (non-hydrogen) atoms. The van der Waals surface area contributed by atoms with Crippen LogP contribution in [0.3, 0.4) is 0 Å². The SMILES string of the molecule is CC(C)N1CCc2c(sc(NC(=O)c3cccc4ccccc34)c2-c2nc3ccccc3s2)C1. The molecule has 2 aromatic heterocycles. The summed E-state index contributed by atoms with van der Waals surface area (Å²) in [5, 5.41) is 7.23. The zero-order valence-electron chi connectivity index (χ0n) is 19.2. The number of fused-ring (bicyclic) bond motifs is 3. The Hall–Kier alpha value is -3.06. The molecule has 0 bridgehead atoms. The van der Waals surface area contributed by atoms with E-state index in [4.69, 9.17) is 4.98 Å². The van der Waals surface area contributed by atoms with Crippen molar-refractivity contribution in [2.45, 2.75) is 32.9 Å². The van der Waals surface area contributed by atoms with Gasteiger partial charge in [-0.15, -0.1) is 22.7 Å². The van der Waals surface area contributed by atoms with Crippen molar-refractivity contribution in [1.29, 1.82) is 0 Å². The number of nitrogens with zero attached hydrogens (tertiary/aromatic N) is 2. The highest BCUT2D eigenvalue weighted by molar-refractivity contribution is 7.23. The maximum atomic E-state index is 13.5. The number of thiazole rings is 1. The van der Waals surface area contributed by atoms with Gasteiger partial charge in [-0.3, -0.25) is 9.69 Å². The Morgan fingerprint density at radius 1 is 1.00 bits per heavy atom. The van der Waals surface area contributed by atoms with Gasteiger partial charge in [-0.1, -0.05) is 48.5 Å². The molecule has 0 aliphatic carbocycles. The molecule has 0 unspecified atom stereocenters. The molecular formula is C28H25N3OS2. The number of para-hydroxylation sites is 1. The molecule has 170 valence electrons. The summed E-state index contributed by atoms with van der Waals surface area (Å²) in [5.41, 5.74) is 4.16. The Balaban J connectivity index is 1.45. The number of benzene rings is 3. The summed E-state index contributed by atoms with van der Waals surface area (Å²) < 4.78 is 1.17. The third-order valence-corrected chi connectivity index (χ3v) is 8.77. The van der Waals surface area contributed by atoms with Crippen LogP contribution in [-0.4, -0.2) is 28.4 Å². The topological polar surface area (TPSA) is 45.2 Å². The summed E-state index contributed by atoms with van der Waals surface area (Å²) in [6.45, 7) is 6.43. The lowest BCUT2D eigenvalue weighted by atomic mass is 10.0. The number of hydrogen-bond acceptors (Lipinski definition) is 5. The number of rotatable bonds is 4. The van der Waals surface area contributed by atoms with Gasteiger partial charge in [0.1, 0.15) is 10.0 Å². The molecule has 6 heteroatoms. The van der Waals surface area contributed by atoms with Crippen LogP contribution in [0.5, 0.6) is 0 Å². The maximum Gasteiger partial charge on any atom is 0.256 e. The van der Waals surface area contributed by atoms with Gasteiger partial charge in [0, 0.05) is 35.1 Å². The van der Waals surface area contributed by atoms with Crippen LogP contribution in [0.25, 0.3) is 31.6 Å². The highest BCUT2D eigenvalue weighted by atomic mass is 32.1. The fourth-order valence-electron chi connectivity index (χ4n) is 4.75. The predicted molar refractivity (Wildman–Crippen MR) is 144 cm³/mol. The fraction of sp³-hybridized carbons (Fsp3) is 0.214. The van der Waals surface area contributed by atoms with Gasteiger partial charge in [0.2, 0.25) is 0 Å². The molecular weight excluding hydrogens is 458 g/mol. The van der Waals surface area contributed by atoms with Crippen molar-refractivity contribution in [2.75, 3.05) is 11.9 Å². The number of nitrogens with one attached hydrogen (secondary N) is 1. The second-order valence-electron chi connectivity index (χ2n) is 8.99. The van der Waals surface area contributed by atoms with E-state index >= 15 is 0 Å². The van der Waals surface area contributed by atoms with Gasteiger partial charge in [-0.05, 0) is 54.8 Å². The molecule has 0 radical (unpaired) electrons. The van der Waals surface area contributed by atoms with E-state index < -0.39 is 0 Å². The van der Waals surface area contributed by atoms with E-state index in [2.05, 4.69) is 42.3 Å². The first kappa shape index (κ1) is 21.5. The van der Waals surface area contributed by atoms with Crippen molar-refractivity contribution in [3.05, 3.63) is 82.7 Å². The summed E-state index contributed by atoms with van der Waals surface area (Å²) in [5.74, 6) is -0.0709. The number of anilines is 1. The Bertz CT molecular complexity index is 1490. The highest BCUT2D eigenvalue weighted by Gasteiger charge is 2.28. The van der Waals surface area contributed by atoms with Gasteiger partial charge >= 0.3 is 0 Å². The monoisotopic (exact) mass is 483 g/mol.